The summed E-state index contributed by atoms with van der Waals surface area (Å²) in [7, 11) is 0. The molecule has 0 saturated carbocycles. The molecule has 22 heavy (non-hydrogen) atoms. The fourth-order valence-electron chi connectivity index (χ4n) is 2.31. The molecule has 1 fully saturated rings. The summed E-state index contributed by atoms with van der Waals surface area (Å²) >= 11 is 9.25. The lowest BCUT2D eigenvalue weighted by Crippen LogP contribution is -2.49. The summed E-state index contributed by atoms with van der Waals surface area (Å²) in [6, 6.07) is 7.62. The van der Waals surface area contributed by atoms with Crippen LogP contribution in [0.1, 0.15) is 0 Å². The minimum absolute atomic E-state index is 0.170. The van der Waals surface area contributed by atoms with E-state index in [1.165, 1.54) is 11.8 Å². The van der Waals surface area contributed by atoms with Gasteiger partial charge in [-0.3, -0.25) is 4.79 Å². The Labute approximate surface area is 143 Å². The molecule has 0 radical (unpaired) electrons. The van der Waals surface area contributed by atoms with Gasteiger partial charge in [-0.25, -0.2) is 4.98 Å². The van der Waals surface area contributed by atoms with Gasteiger partial charge in [0.15, 0.2) is 5.13 Å². The number of halogens is 1. The van der Waals surface area contributed by atoms with Gasteiger partial charge in [0.2, 0.25) is 5.91 Å². The molecule has 4 nitrogen and oxygen atoms in total. The number of amides is 1. The van der Waals surface area contributed by atoms with Crippen molar-refractivity contribution in [2.45, 2.75) is 4.90 Å². The van der Waals surface area contributed by atoms with Crippen LogP contribution in [0.25, 0.3) is 0 Å². The summed E-state index contributed by atoms with van der Waals surface area (Å²) in [5, 5.41) is 3.72. The van der Waals surface area contributed by atoms with Gasteiger partial charge in [0, 0.05) is 42.7 Å². The second kappa shape index (κ2) is 7.35. The van der Waals surface area contributed by atoms with E-state index in [2.05, 4.69) is 9.88 Å². The first kappa shape index (κ1) is 15.6. The van der Waals surface area contributed by atoms with E-state index >= 15 is 0 Å². The number of nitrogens with zero attached hydrogens (tertiary/aromatic N) is 3. The Kier molecular flexibility index (Phi) is 5.23. The first-order valence-corrected chi connectivity index (χ1v) is 9.28. The summed E-state index contributed by atoms with van der Waals surface area (Å²) in [6.45, 7) is 3.19. The molecule has 1 aromatic heterocycles. The SMILES string of the molecule is O=C(CSc1ccccc1Cl)N1CCN(c2nccs2)CC1. The lowest BCUT2D eigenvalue weighted by molar-refractivity contribution is -0.128. The number of hydrogen-bond acceptors (Lipinski definition) is 5. The van der Waals surface area contributed by atoms with E-state index < -0.39 is 0 Å². The molecule has 2 aromatic rings. The molecule has 1 saturated heterocycles. The molecule has 0 N–H and O–H groups in total. The number of carbonyl (C=O) groups is 1. The summed E-state index contributed by atoms with van der Waals surface area (Å²) < 4.78 is 0. The Morgan fingerprint density at radius 3 is 2.73 bits per heavy atom. The van der Waals surface area contributed by atoms with Crippen LogP contribution >= 0.6 is 34.7 Å². The number of benzene rings is 1. The lowest BCUT2D eigenvalue weighted by Gasteiger charge is -2.34. The van der Waals surface area contributed by atoms with Gasteiger partial charge in [-0.15, -0.1) is 23.1 Å². The number of carbonyl (C=O) groups excluding carboxylic acids is 1. The third kappa shape index (κ3) is 3.74. The number of thioether (sulfide) groups is 1. The number of piperazine rings is 1. The van der Waals surface area contributed by atoms with Crippen LogP contribution in [0, 0.1) is 0 Å². The van der Waals surface area contributed by atoms with Crippen molar-refractivity contribution >= 4 is 45.7 Å². The number of hydrogen-bond donors (Lipinski definition) is 0. The molecule has 1 amide bonds. The molecule has 1 aliphatic heterocycles. The number of anilines is 1. The summed E-state index contributed by atoms with van der Waals surface area (Å²) in [6.07, 6.45) is 1.82. The molecule has 0 unspecified atom stereocenters. The highest BCUT2D eigenvalue weighted by Crippen LogP contribution is 2.27. The van der Waals surface area contributed by atoms with Gasteiger partial charge in [-0.05, 0) is 12.1 Å². The Bertz CT molecular complexity index is 627. The van der Waals surface area contributed by atoms with E-state index in [-0.39, 0.29) is 5.91 Å². The molecule has 0 atom stereocenters. The third-order valence-electron chi connectivity index (χ3n) is 3.51. The van der Waals surface area contributed by atoms with Crippen LogP contribution in [0.15, 0.2) is 40.7 Å². The third-order valence-corrected chi connectivity index (χ3v) is 5.84. The number of thiazole rings is 1. The van der Waals surface area contributed by atoms with Crippen molar-refractivity contribution in [1.82, 2.24) is 9.88 Å². The minimum atomic E-state index is 0.170. The second-order valence-corrected chi connectivity index (χ2v) is 7.20. The molecule has 1 aromatic carbocycles. The van der Waals surface area contributed by atoms with Gasteiger partial charge < -0.3 is 9.80 Å². The van der Waals surface area contributed by atoms with Gasteiger partial charge in [-0.1, -0.05) is 23.7 Å². The quantitative estimate of drug-likeness (QED) is 0.791. The van der Waals surface area contributed by atoms with Crippen molar-refractivity contribution in [2.75, 3.05) is 36.8 Å². The highest BCUT2D eigenvalue weighted by Gasteiger charge is 2.22. The molecule has 7 heteroatoms. The van der Waals surface area contributed by atoms with Crippen molar-refractivity contribution in [1.29, 1.82) is 0 Å². The van der Waals surface area contributed by atoms with E-state index in [1.807, 2.05) is 40.7 Å². The molecular weight excluding hydrogens is 338 g/mol. The molecule has 1 aliphatic rings. The van der Waals surface area contributed by atoms with Crippen LogP contribution in [0.5, 0.6) is 0 Å². The largest absolute Gasteiger partial charge is 0.345 e. The number of rotatable bonds is 4. The maximum atomic E-state index is 12.3. The molecule has 116 valence electrons. The van der Waals surface area contributed by atoms with E-state index in [9.17, 15) is 4.79 Å². The lowest BCUT2D eigenvalue weighted by atomic mass is 10.3. The normalized spacial score (nSPS) is 15.1. The summed E-state index contributed by atoms with van der Waals surface area (Å²) in [4.78, 5) is 21.7. The average molecular weight is 354 g/mol. The maximum absolute atomic E-state index is 12.3. The van der Waals surface area contributed by atoms with Gasteiger partial charge in [0.05, 0.1) is 10.8 Å². The zero-order chi connectivity index (χ0) is 15.4. The standard InChI is InChI=1S/C15H16ClN3OS2/c16-12-3-1-2-4-13(12)22-11-14(20)18-6-8-19(9-7-18)15-17-5-10-21-15/h1-5,10H,6-9,11H2. The predicted octanol–water partition coefficient (Wildman–Crippen LogP) is 3.24. The van der Waals surface area contributed by atoms with Crippen molar-refractivity contribution in [3.05, 3.63) is 40.9 Å². The molecule has 2 heterocycles. The molecule has 0 spiro atoms. The highest BCUT2D eigenvalue weighted by molar-refractivity contribution is 8.00. The molecule has 3 rings (SSSR count). The Balaban J connectivity index is 1.49. The maximum Gasteiger partial charge on any atom is 0.233 e. The van der Waals surface area contributed by atoms with E-state index in [4.69, 9.17) is 11.6 Å². The van der Waals surface area contributed by atoms with E-state index in [1.54, 1.807) is 11.3 Å². The zero-order valence-electron chi connectivity index (χ0n) is 11.9. The topological polar surface area (TPSA) is 36.4 Å². The Morgan fingerprint density at radius 1 is 1.27 bits per heavy atom. The number of aromatic nitrogens is 1. The molecule has 0 aliphatic carbocycles. The van der Waals surface area contributed by atoms with Crippen LogP contribution in [-0.2, 0) is 4.79 Å². The van der Waals surface area contributed by atoms with E-state index in [0.717, 1.165) is 36.2 Å². The Morgan fingerprint density at radius 2 is 2.05 bits per heavy atom. The fraction of sp³-hybridized carbons (Fsp3) is 0.333. The van der Waals surface area contributed by atoms with Crippen molar-refractivity contribution in [3.63, 3.8) is 0 Å². The minimum Gasteiger partial charge on any atom is -0.345 e. The van der Waals surface area contributed by atoms with Gasteiger partial charge in [0.1, 0.15) is 0 Å². The van der Waals surface area contributed by atoms with Crippen LogP contribution in [0.4, 0.5) is 5.13 Å². The monoisotopic (exact) mass is 353 g/mol. The first-order chi connectivity index (χ1) is 10.7. The fourth-order valence-corrected chi connectivity index (χ4v) is 4.15. The van der Waals surface area contributed by atoms with Crippen molar-refractivity contribution in [2.24, 2.45) is 0 Å². The zero-order valence-corrected chi connectivity index (χ0v) is 14.3. The predicted molar refractivity (Wildman–Crippen MR) is 93.1 cm³/mol. The van der Waals surface area contributed by atoms with Crippen LogP contribution in [-0.4, -0.2) is 47.7 Å². The van der Waals surface area contributed by atoms with Crippen LogP contribution < -0.4 is 4.90 Å². The first-order valence-electron chi connectivity index (χ1n) is 7.03. The van der Waals surface area contributed by atoms with Gasteiger partial charge in [0.25, 0.3) is 0 Å². The Hall–Kier alpha value is -1.24. The molecule has 0 bridgehead atoms. The van der Waals surface area contributed by atoms with Crippen LogP contribution in [0.3, 0.4) is 0 Å². The van der Waals surface area contributed by atoms with E-state index in [0.29, 0.717) is 10.8 Å². The summed E-state index contributed by atoms with van der Waals surface area (Å²) in [5.74, 6) is 0.602. The molecular formula is C15H16ClN3OS2. The van der Waals surface area contributed by atoms with Gasteiger partial charge in [-0.2, -0.15) is 0 Å². The van der Waals surface area contributed by atoms with Gasteiger partial charge >= 0.3 is 0 Å². The van der Waals surface area contributed by atoms with Crippen molar-refractivity contribution in [3.8, 4) is 0 Å². The average Bonchev–Trinajstić information content (AvgIpc) is 3.08. The summed E-state index contributed by atoms with van der Waals surface area (Å²) in [5.41, 5.74) is 0. The van der Waals surface area contributed by atoms with Crippen molar-refractivity contribution < 1.29 is 4.79 Å². The smallest absolute Gasteiger partial charge is 0.233 e. The highest BCUT2D eigenvalue weighted by atomic mass is 35.5. The van der Waals surface area contributed by atoms with Crippen LogP contribution in [0.2, 0.25) is 5.02 Å². The second-order valence-electron chi connectivity index (χ2n) is 4.90.